The van der Waals surface area contributed by atoms with Gasteiger partial charge in [-0.1, -0.05) is 12.2 Å². The maximum absolute atomic E-state index is 13.4. The minimum absolute atomic E-state index is 0.238. The van der Waals surface area contributed by atoms with Crippen LogP contribution in [0.25, 0.3) is 0 Å². The molecule has 5 heteroatoms. The molecule has 1 aliphatic rings. The van der Waals surface area contributed by atoms with Gasteiger partial charge < -0.3 is 10.6 Å². The van der Waals surface area contributed by atoms with E-state index in [1.54, 1.807) is 12.3 Å². The maximum atomic E-state index is 13.4. The number of hydrogen-bond donors (Lipinski definition) is 2. The van der Waals surface area contributed by atoms with Crippen LogP contribution in [0.15, 0.2) is 35.5 Å². The molecule has 0 saturated heterocycles. The normalized spacial score (nSPS) is 15.8. The van der Waals surface area contributed by atoms with E-state index >= 15 is 0 Å². The molecular weight excluding hydrogens is 243 g/mol. The average molecular weight is 262 g/mol. The zero-order chi connectivity index (χ0) is 13.5. The van der Waals surface area contributed by atoms with E-state index in [1.165, 1.54) is 6.07 Å². The second-order valence-electron chi connectivity index (χ2n) is 4.41. The highest BCUT2D eigenvalue weighted by Crippen LogP contribution is 2.09. The first kappa shape index (κ1) is 13.5. The zero-order valence-electron chi connectivity index (χ0n) is 11.1. The van der Waals surface area contributed by atoms with E-state index in [0.29, 0.717) is 17.7 Å². The average Bonchev–Trinajstić information content (AvgIpc) is 2.91. The summed E-state index contributed by atoms with van der Waals surface area (Å²) in [4.78, 5) is 8.36. The Morgan fingerprint density at radius 2 is 2.26 bits per heavy atom. The van der Waals surface area contributed by atoms with Gasteiger partial charge in [0.25, 0.3) is 0 Å². The fourth-order valence-electron chi connectivity index (χ4n) is 1.94. The van der Waals surface area contributed by atoms with Gasteiger partial charge in [0.05, 0.1) is 12.2 Å². The monoisotopic (exact) mass is 262 g/mol. The van der Waals surface area contributed by atoms with Gasteiger partial charge in [-0.2, -0.15) is 0 Å². The predicted octanol–water partition coefficient (Wildman–Crippen LogP) is 1.99. The van der Waals surface area contributed by atoms with Crippen molar-refractivity contribution >= 4 is 5.96 Å². The second kappa shape index (κ2) is 6.87. The molecule has 0 fully saturated rings. The van der Waals surface area contributed by atoms with Gasteiger partial charge in [-0.05, 0) is 31.9 Å². The van der Waals surface area contributed by atoms with Crippen molar-refractivity contribution in [3.63, 3.8) is 0 Å². The van der Waals surface area contributed by atoms with Gasteiger partial charge in [0.2, 0.25) is 0 Å². The summed E-state index contributed by atoms with van der Waals surface area (Å²) in [5.41, 5.74) is 0.365. The van der Waals surface area contributed by atoms with Gasteiger partial charge in [-0.3, -0.25) is 4.98 Å². The molecule has 1 aliphatic carbocycles. The van der Waals surface area contributed by atoms with E-state index in [-0.39, 0.29) is 12.4 Å². The van der Waals surface area contributed by atoms with Crippen molar-refractivity contribution in [1.82, 2.24) is 15.6 Å². The van der Waals surface area contributed by atoms with Crippen LogP contribution < -0.4 is 10.6 Å². The third kappa shape index (κ3) is 4.05. The number of pyridine rings is 1. The highest BCUT2D eigenvalue weighted by molar-refractivity contribution is 5.80. The Bertz CT molecular complexity index is 462. The van der Waals surface area contributed by atoms with Crippen molar-refractivity contribution in [1.29, 1.82) is 0 Å². The summed E-state index contributed by atoms with van der Waals surface area (Å²) in [6.45, 7) is 3.02. The lowest BCUT2D eigenvalue weighted by atomic mass is 10.2. The molecule has 102 valence electrons. The largest absolute Gasteiger partial charge is 0.357 e. The molecule has 0 unspecified atom stereocenters. The van der Waals surface area contributed by atoms with Gasteiger partial charge in [-0.25, -0.2) is 9.38 Å². The molecule has 0 bridgehead atoms. The molecule has 0 atom stereocenters. The number of nitrogens with zero attached hydrogens (tertiary/aromatic N) is 2. The Morgan fingerprint density at radius 1 is 1.47 bits per heavy atom. The quantitative estimate of drug-likeness (QED) is 0.495. The molecule has 1 aromatic heterocycles. The Balaban J connectivity index is 1.97. The summed E-state index contributed by atoms with van der Waals surface area (Å²) in [6.07, 6.45) is 7.89. The van der Waals surface area contributed by atoms with E-state index in [4.69, 9.17) is 0 Å². The second-order valence-corrected chi connectivity index (χ2v) is 4.41. The molecule has 0 radical (unpaired) electrons. The fraction of sp³-hybridized carbons (Fsp3) is 0.429. The van der Waals surface area contributed by atoms with E-state index in [2.05, 4.69) is 32.8 Å². The van der Waals surface area contributed by atoms with Crippen molar-refractivity contribution in [2.24, 2.45) is 4.99 Å². The topological polar surface area (TPSA) is 49.3 Å². The Kier molecular flexibility index (Phi) is 4.89. The first-order valence-corrected chi connectivity index (χ1v) is 6.59. The van der Waals surface area contributed by atoms with Gasteiger partial charge in [0.1, 0.15) is 5.82 Å². The van der Waals surface area contributed by atoms with E-state index in [9.17, 15) is 4.39 Å². The van der Waals surface area contributed by atoms with Crippen LogP contribution in [0, 0.1) is 5.82 Å². The van der Waals surface area contributed by atoms with Crippen LogP contribution in [0.4, 0.5) is 4.39 Å². The van der Waals surface area contributed by atoms with Gasteiger partial charge in [-0.15, -0.1) is 0 Å². The Hall–Kier alpha value is -1.91. The first-order chi connectivity index (χ1) is 9.29. The molecule has 0 aromatic carbocycles. The van der Waals surface area contributed by atoms with E-state index in [1.807, 2.05) is 6.92 Å². The summed E-state index contributed by atoms with van der Waals surface area (Å²) < 4.78 is 13.4. The minimum atomic E-state index is -0.315. The van der Waals surface area contributed by atoms with Crippen molar-refractivity contribution < 1.29 is 4.39 Å². The third-order valence-corrected chi connectivity index (χ3v) is 2.91. The van der Waals surface area contributed by atoms with Crippen molar-refractivity contribution in [2.45, 2.75) is 32.4 Å². The van der Waals surface area contributed by atoms with E-state index in [0.717, 1.165) is 19.4 Å². The van der Waals surface area contributed by atoms with E-state index < -0.39 is 0 Å². The van der Waals surface area contributed by atoms with Gasteiger partial charge >= 0.3 is 0 Å². The van der Waals surface area contributed by atoms with Crippen LogP contribution in [-0.4, -0.2) is 23.5 Å². The van der Waals surface area contributed by atoms with Crippen LogP contribution >= 0.6 is 0 Å². The summed E-state index contributed by atoms with van der Waals surface area (Å²) in [5, 5.41) is 6.49. The number of rotatable bonds is 4. The maximum Gasteiger partial charge on any atom is 0.191 e. The number of halogens is 1. The molecule has 2 rings (SSSR count). The number of hydrogen-bond acceptors (Lipinski definition) is 2. The summed E-state index contributed by atoms with van der Waals surface area (Å²) in [5.74, 6) is 0.394. The molecule has 1 aromatic rings. The molecule has 19 heavy (non-hydrogen) atoms. The number of aromatic nitrogens is 1. The molecule has 0 aliphatic heterocycles. The Labute approximate surface area is 112 Å². The summed E-state index contributed by atoms with van der Waals surface area (Å²) >= 11 is 0. The van der Waals surface area contributed by atoms with Crippen LogP contribution in [-0.2, 0) is 6.54 Å². The molecule has 2 N–H and O–H groups in total. The van der Waals surface area contributed by atoms with Crippen molar-refractivity contribution in [3.8, 4) is 0 Å². The lowest BCUT2D eigenvalue weighted by molar-refractivity contribution is 0.597. The molecule has 0 saturated carbocycles. The lowest BCUT2D eigenvalue weighted by Gasteiger charge is -2.16. The fourth-order valence-corrected chi connectivity index (χ4v) is 1.94. The SMILES string of the molecule is CCNC(=NCc1ncccc1F)NC1CC=CC1. The van der Waals surface area contributed by atoms with Crippen LogP contribution in [0.5, 0.6) is 0 Å². The standard InChI is InChI=1S/C14H19FN4/c1-2-16-14(19-11-6-3-4-7-11)18-10-13-12(15)8-5-9-17-13/h3-5,8-9,11H,2,6-7,10H2,1H3,(H2,16,18,19). The highest BCUT2D eigenvalue weighted by Gasteiger charge is 2.11. The number of aliphatic imine (C=N–C) groups is 1. The summed E-state index contributed by atoms with van der Waals surface area (Å²) in [7, 11) is 0. The van der Waals surface area contributed by atoms with Crippen LogP contribution in [0.3, 0.4) is 0 Å². The lowest BCUT2D eigenvalue weighted by Crippen LogP contribution is -2.42. The molecule has 0 spiro atoms. The zero-order valence-corrected chi connectivity index (χ0v) is 11.1. The molecule has 1 heterocycles. The number of guanidine groups is 1. The molecule has 4 nitrogen and oxygen atoms in total. The third-order valence-electron chi connectivity index (χ3n) is 2.91. The molecular formula is C14H19FN4. The minimum Gasteiger partial charge on any atom is -0.357 e. The van der Waals surface area contributed by atoms with Crippen molar-refractivity contribution in [2.75, 3.05) is 6.54 Å². The van der Waals surface area contributed by atoms with Crippen molar-refractivity contribution in [3.05, 3.63) is 42.0 Å². The van der Waals surface area contributed by atoms with Gasteiger partial charge in [0, 0.05) is 18.8 Å². The van der Waals surface area contributed by atoms with Crippen LogP contribution in [0.1, 0.15) is 25.5 Å². The highest BCUT2D eigenvalue weighted by atomic mass is 19.1. The first-order valence-electron chi connectivity index (χ1n) is 6.59. The Morgan fingerprint density at radius 3 is 2.95 bits per heavy atom. The number of nitrogens with one attached hydrogen (secondary N) is 2. The van der Waals surface area contributed by atoms with Crippen LogP contribution in [0.2, 0.25) is 0 Å². The summed E-state index contributed by atoms with van der Waals surface area (Å²) in [6, 6.07) is 3.36. The smallest absolute Gasteiger partial charge is 0.191 e. The molecule has 0 amide bonds. The van der Waals surface area contributed by atoms with Gasteiger partial charge in [0.15, 0.2) is 5.96 Å². The predicted molar refractivity (Wildman–Crippen MR) is 74.3 cm³/mol.